The van der Waals surface area contributed by atoms with Crippen molar-refractivity contribution in [2.45, 2.75) is 37.8 Å². The molecule has 0 unspecified atom stereocenters. The summed E-state index contributed by atoms with van der Waals surface area (Å²) in [6.07, 6.45) is 12.0. The molecule has 11 nitrogen and oxygen atoms in total. The highest BCUT2D eigenvalue weighted by Crippen LogP contribution is 2.29. The molecular formula is C21H20N10O. The Balaban J connectivity index is 1.28. The number of nitrogens with one attached hydrogen (secondary N) is 1. The Morgan fingerprint density at radius 1 is 0.938 bits per heavy atom. The average Bonchev–Trinajstić information content (AvgIpc) is 3.46. The minimum Gasteiger partial charge on any atom is -0.393 e. The van der Waals surface area contributed by atoms with Gasteiger partial charge in [-0.15, -0.1) is 5.10 Å². The highest BCUT2D eigenvalue weighted by Gasteiger charge is 2.21. The predicted octanol–water partition coefficient (Wildman–Crippen LogP) is 2.57. The molecule has 160 valence electrons. The van der Waals surface area contributed by atoms with Crippen molar-refractivity contribution in [1.29, 1.82) is 0 Å². The van der Waals surface area contributed by atoms with Gasteiger partial charge in [-0.3, -0.25) is 14.6 Å². The fraction of sp³-hybridized carbons (Fsp3) is 0.286. The topological polar surface area (TPSA) is 132 Å². The van der Waals surface area contributed by atoms with Crippen LogP contribution in [0.25, 0.3) is 27.9 Å². The first-order valence-corrected chi connectivity index (χ1v) is 10.5. The van der Waals surface area contributed by atoms with E-state index in [0.717, 1.165) is 48.1 Å². The van der Waals surface area contributed by atoms with Crippen LogP contribution >= 0.6 is 0 Å². The van der Waals surface area contributed by atoms with E-state index < -0.39 is 0 Å². The van der Waals surface area contributed by atoms with E-state index in [4.69, 9.17) is 0 Å². The minimum atomic E-state index is -0.187. The first kappa shape index (κ1) is 18.8. The number of aromatic nitrogens is 9. The summed E-state index contributed by atoms with van der Waals surface area (Å²) in [5.41, 5.74) is 4.34. The molecule has 1 saturated carbocycles. The monoisotopic (exact) mass is 428 g/mol. The highest BCUT2D eigenvalue weighted by atomic mass is 16.3. The summed E-state index contributed by atoms with van der Waals surface area (Å²) in [6.45, 7) is 0. The lowest BCUT2D eigenvalue weighted by molar-refractivity contribution is 0.108. The van der Waals surface area contributed by atoms with Crippen LogP contribution in [-0.2, 0) is 0 Å². The Kier molecular flexibility index (Phi) is 4.46. The fourth-order valence-electron chi connectivity index (χ4n) is 4.10. The summed E-state index contributed by atoms with van der Waals surface area (Å²) in [5.74, 6) is 0.431. The lowest BCUT2D eigenvalue weighted by Crippen LogP contribution is -2.21. The number of hydrogen-bond donors (Lipinski definition) is 2. The molecule has 6 rings (SSSR count). The summed E-state index contributed by atoms with van der Waals surface area (Å²) < 4.78 is 3.61. The number of aliphatic hydroxyl groups is 1. The summed E-state index contributed by atoms with van der Waals surface area (Å²) in [7, 11) is 0. The van der Waals surface area contributed by atoms with Crippen molar-refractivity contribution in [3.8, 4) is 5.69 Å². The van der Waals surface area contributed by atoms with Crippen LogP contribution in [0, 0.1) is 0 Å². The van der Waals surface area contributed by atoms with E-state index in [0.29, 0.717) is 23.2 Å². The van der Waals surface area contributed by atoms with E-state index in [1.165, 1.54) is 0 Å². The van der Waals surface area contributed by atoms with Gasteiger partial charge in [-0.05, 0) is 43.9 Å². The van der Waals surface area contributed by atoms with Crippen molar-refractivity contribution in [2.24, 2.45) is 0 Å². The average molecular weight is 428 g/mol. The zero-order valence-corrected chi connectivity index (χ0v) is 17.1. The van der Waals surface area contributed by atoms with Gasteiger partial charge in [0.2, 0.25) is 5.95 Å². The van der Waals surface area contributed by atoms with Crippen LogP contribution in [0.3, 0.4) is 0 Å². The molecule has 0 amide bonds. The third kappa shape index (κ3) is 3.42. The zero-order chi connectivity index (χ0) is 21.5. The van der Waals surface area contributed by atoms with E-state index in [2.05, 4.69) is 40.7 Å². The van der Waals surface area contributed by atoms with Crippen LogP contribution in [0.1, 0.15) is 31.7 Å². The molecule has 2 N–H and O–H groups in total. The van der Waals surface area contributed by atoms with Gasteiger partial charge in [-0.1, -0.05) is 5.21 Å². The molecule has 4 heterocycles. The first-order valence-electron chi connectivity index (χ1n) is 10.5. The maximum absolute atomic E-state index is 9.72. The van der Waals surface area contributed by atoms with Crippen LogP contribution in [0.15, 0.2) is 49.2 Å². The second-order valence-corrected chi connectivity index (χ2v) is 7.93. The van der Waals surface area contributed by atoms with E-state index in [-0.39, 0.29) is 6.10 Å². The van der Waals surface area contributed by atoms with E-state index in [1.54, 1.807) is 29.5 Å². The van der Waals surface area contributed by atoms with Gasteiger partial charge in [-0.25, -0.2) is 4.98 Å². The Hall–Kier alpha value is -3.99. The SMILES string of the molecule is OC1CCC(n2cc(Nc3ncc4nnn(-c5ccc6nccnc6c5)c4n3)cn2)CC1. The van der Waals surface area contributed by atoms with Crippen molar-refractivity contribution in [3.05, 3.63) is 49.2 Å². The summed E-state index contributed by atoms with van der Waals surface area (Å²) in [6, 6.07) is 6.01. The standard InChI is InChI=1S/C21H20N10O/c32-16-4-1-14(2-5-16)30-12-13(10-25-30)26-21-24-11-19-20(27-21)31(29-28-19)15-3-6-17-18(9-15)23-8-7-22-17/h3,6-12,14,16,32H,1-2,4-5H2,(H,24,26,27). The third-order valence-corrected chi connectivity index (χ3v) is 5.79. The predicted molar refractivity (Wildman–Crippen MR) is 117 cm³/mol. The summed E-state index contributed by atoms with van der Waals surface area (Å²) in [5, 5.41) is 25.8. The normalized spacial score (nSPS) is 18.9. The maximum atomic E-state index is 9.72. The highest BCUT2D eigenvalue weighted by molar-refractivity contribution is 5.78. The largest absolute Gasteiger partial charge is 0.393 e. The molecule has 1 aliphatic rings. The molecule has 32 heavy (non-hydrogen) atoms. The van der Waals surface area contributed by atoms with Crippen molar-refractivity contribution >= 4 is 33.8 Å². The van der Waals surface area contributed by atoms with Crippen molar-refractivity contribution < 1.29 is 5.11 Å². The second-order valence-electron chi connectivity index (χ2n) is 7.93. The van der Waals surface area contributed by atoms with Gasteiger partial charge in [0.15, 0.2) is 11.2 Å². The van der Waals surface area contributed by atoms with Gasteiger partial charge in [0, 0.05) is 18.6 Å². The third-order valence-electron chi connectivity index (χ3n) is 5.79. The van der Waals surface area contributed by atoms with Crippen molar-refractivity contribution in [2.75, 3.05) is 5.32 Å². The maximum Gasteiger partial charge on any atom is 0.229 e. The molecule has 0 spiro atoms. The lowest BCUT2D eigenvalue weighted by Gasteiger charge is -2.25. The van der Waals surface area contributed by atoms with E-state index >= 15 is 0 Å². The van der Waals surface area contributed by atoms with Crippen LogP contribution < -0.4 is 5.32 Å². The Labute approximate surface area is 182 Å². The molecule has 0 atom stereocenters. The Morgan fingerprint density at radius 3 is 2.66 bits per heavy atom. The van der Waals surface area contributed by atoms with Crippen molar-refractivity contribution in [1.82, 2.24) is 44.7 Å². The number of anilines is 2. The molecule has 1 fully saturated rings. The molecule has 1 aliphatic carbocycles. The van der Waals surface area contributed by atoms with Crippen molar-refractivity contribution in [3.63, 3.8) is 0 Å². The molecule has 4 aromatic heterocycles. The summed E-state index contributed by atoms with van der Waals surface area (Å²) in [4.78, 5) is 17.6. The number of rotatable bonds is 4. The molecule has 0 bridgehead atoms. The molecular weight excluding hydrogens is 408 g/mol. The fourth-order valence-corrected chi connectivity index (χ4v) is 4.10. The second kappa shape index (κ2) is 7.61. The van der Waals surface area contributed by atoms with Gasteiger partial charge in [-0.2, -0.15) is 14.8 Å². The molecule has 11 heteroatoms. The first-order chi connectivity index (χ1) is 15.7. The minimum absolute atomic E-state index is 0.187. The van der Waals surface area contributed by atoms with E-state index in [1.807, 2.05) is 29.1 Å². The van der Waals surface area contributed by atoms with Gasteiger partial charge in [0.25, 0.3) is 0 Å². The number of hydrogen-bond acceptors (Lipinski definition) is 9. The number of benzene rings is 1. The molecule has 0 aliphatic heterocycles. The Morgan fingerprint density at radius 2 is 1.78 bits per heavy atom. The molecule has 1 aromatic carbocycles. The van der Waals surface area contributed by atoms with Crippen LogP contribution in [-0.4, -0.2) is 55.9 Å². The summed E-state index contributed by atoms with van der Waals surface area (Å²) >= 11 is 0. The number of aliphatic hydroxyl groups excluding tert-OH is 1. The lowest BCUT2D eigenvalue weighted by atomic mass is 9.93. The van der Waals surface area contributed by atoms with Gasteiger partial charge >= 0.3 is 0 Å². The molecule has 5 aromatic rings. The number of fused-ring (bicyclic) bond motifs is 2. The van der Waals surface area contributed by atoms with Gasteiger partial charge in [0.1, 0.15) is 0 Å². The van der Waals surface area contributed by atoms with Crippen LogP contribution in [0.2, 0.25) is 0 Å². The van der Waals surface area contributed by atoms with E-state index in [9.17, 15) is 5.11 Å². The van der Waals surface area contributed by atoms with Gasteiger partial charge in [0.05, 0.1) is 46.9 Å². The van der Waals surface area contributed by atoms with Crippen LogP contribution in [0.5, 0.6) is 0 Å². The molecule has 0 radical (unpaired) electrons. The van der Waals surface area contributed by atoms with Gasteiger partial charge < -0.3 is 10.4 Å². The Bertz CT molecular complexity index is 1400. The number of nitrogens with zero attached hydrogens (tertiary/aromatic N) is 9. The smallest absolute Gasteiger partial charge is 0.229 e. The quantitative estimate of drug-likeness (QED) is 0.443. The zero-order valence-electron chi connectivity index (χ0n) is 17.1. The van der Waals surface area contributed by atoms with Crippen LogP contribution in [0.4, 0.5) is 11.6 Å². The molecule has 0 saturated heterocycles.